The fourth-order valence-corrected chi connectivity index (χ4v) is 4.20. The van der Waals surface area contributed by atoms with Crippen molar-refractivity contribution in [3.05, 3.63) is 0 Å². The van der Waals surface area contributed by atoms with E-state index in [1.54, 1.807) is 0 Å². The smallest absolute Gasteiger partial charge is 0.0194 e. The molecule has 3 atom stereocenters. The van der Waals surface area contributed by atoms with E-state index in [1.807, 2.05) is 0 Å². The van der Waals surface area contributed by atoms with Gasteiger partial charge in [0.2, 0.25) is 0 Å². The highest BCUT2D eigenvalue weighted by Gasteiger charge is 2.28. The van der Waals surface area contributed by atoms with E-state index in [1.165, 1.54) is 77.7 Å². The summed E-state index contributed by atoms with van der Waals surface area (Å²) in [6, 6.07) is 1.48. The number of likely N-dealkylation sites (N-methyl/N-ethyl adjacent to an activating group) is 1. The molecule has 0 aromatic rings. The van der Waals surface area contributed by atoms with Gasteiger partial charge < -0.3 is 10.2 Å². The zero-order valence-corrected chi connectivity index (χ0v) is 14.6. The van der Waals surface area contributed by atoms with Crippen LogP contribution >= 0.6 is 0 Å². The van der Waals surface area contributed by atoms with Crippen LogP contribution in [0, 0.1) is 5.92 Å². The van der Waals surface area contributed by atoms with Gasteiger partial charge in [-0.2, -0.15) is 0 Å². The van der Waals surface area contributed by atoms with Gasteiger partial charge in [-0.25, -0.2) is 0 Å². The quantitative estimate of drug-likeness (QED) is 0.787. The van der Waals surface area contributed by atoms with Gasteiger partial charge in [0.15, 0.2) is 0 Å². The van der Waals surface area contributed by atoms with E-state index in [4.69, 9.17) is 0 Å². The minimum atomic E-state index is 0.715. The Morgan fingerprint density at radius 2 is 1.86 bits per heavy atom. The Labute approximate surface area is 132 Å². The second-order valence-corrected chi connectivity index (χ2v) is 7.42. The predicted molar refractivity (Wildman–Crippen MR) is 91.8 cm³/mol. The Balaban J connectivity index is 1.92. The van der Waals surface area contributed by atoms with Crippen molar-refractivity contribution >= 4 is 0 Å². The van der Waals surface area contributed by atoms with E-state index < -0.39 is 0 Å². The molecule has 1 heterocycles. The number of hydrogen-bond donors (Lipinski definition) is 1. The standard InChI is InChI=1S/C18H37N3/c1-4-11-19-18-10-7-5-6-9-17(18)15-21-13-8-12-20(3)14-16(21)2/h16-19H,4-15H2,1-3H3. The molecule has 1 saturated carbocycles. The summed E-state index contributed by atoms with van der Waals surface area (Å²) in [7, 11) is 2.28. The van der Waals surface area contributed by atoms with Gasteiger partial charge in [-0.05, 0) is 65.2 Å². The van der Waals surface area contributed by atoms with Crippen LogP contribution in [-0.2, 0) is 0 Å². The molecule has 0 amide bonds. The first-order valence-electron chi connectivity index (χ1n) is 9.36. The average Bonchev–Trinajstić information content (AvgIpc) is 2.76. The van der Waals surface area contributed by atoms with Crippen LogP contribution in [0.5, 0.6) is 0 Å². The van der Waals surface area contributed by atoms with E-state index >= 15 is 0 Å². The molecule has 2 aliphatic rings. The normalized spacial score (nSPS) is 33.6. The van der Waals surface area contributed by atoms with Gasteiger partial charge in [0.25, 0.3) is 0 Å². The van der Waals surface area contributed by atoms with Crippen LogP contribution in [0.1, 0.15) is 58.8 Å². The molecule has 124 valence electrons. The molecule has 0 spiro atoms. The second kappa shape index (κ2) is 9.12. The van der Waals surface area contributed by atoms with Crippen molar-refractivity contribution in [2.45, 2.75) is 70.9 Å². The van der Waals surface area contributed by atoms with Crippen molar-refractivity contribution in [2.75, 3.05) is 39.8 Å². The van der Waals surface area contributed by atoms with Gasteiger partial charge in [0.05, 0.1) is 0 Å². The molecule has 0 aromatic heterocycles. The largest absolute Gasteiger partial charge is 0.314 e. The maximum atomic E-state index is 3.85. The van der Waals surface area contributed by atoms with Gasteiger partial charge in [0, 0.05) is 25.2 Å². The highest BCUT2D eigenvalue weighted by molar-refractivity contribution is 4.85. The first-order valence-corrected chi connectivity index (χ1v) is 9.36. The molecule has 3 unspecified atom stereocenters. The van der Waals surface area contributed by atoms with E-state index in [9.17, 15) is 0 Å². The van der Waals surface area contributed by atoms with E-state index in [0.717, 1.165) is 12.0 Å². The topological polar surface area (TPSA) is 18.5 Å². The molecule has 1 aliphatic carbocycles. The molecule has 3 nitrogen and oxygen atoms in total. The molecule has 1 N–H and O–H groups in total. The summed E-state index contributed by atoms with van der Waals surface area (Å²) < 4.78 is 0. The molecule has 2 fully saturated rings. The van der Waals surface area contributed by atoms with Crippen molar-refractivity contribution in [3.8, 4) is 0 Å². The first kappa shape index (κ1) is 17.2. The molecule has 3 heteroatoms. The van der Waals surface area contributed by atoms with Gasteiger partial charge in [-0.1, -0.05) is 26.2 Å². The molecule has 0 aromatic carbocycles. The fraction of sp³-hybridized carbons (Fsp3) is 1.00. The number of rotatable bonds is 5. The number of nitrogens with zero attached hydrogens (tertiary/aromatic N) is 2. The van der Waals surface area contributed by atoms with E-state index in [2.05, 4.69) is 36.0 Å². The Morgan fingerprint density at radius 3 is 2.67 bits per heavy atom. The minimum Gasteiger partial charge on any atom is -0.314 e. The molecule has 21 heavy (non-hydrogen) atoms. The SMILES string of the molecule is CCCNC1CCCCCC1CN1CCCN(C)CC1C. The van der Waals surface area contributed by atoms with Crippen LogP contribution in [0.25, 0.3) is 0 Å². The lowest BCUT2D eigenvalue weighted by atomic mass is 9.93. The van der Waals surface area contributed by atoms with Crippen molar-refractivity contribution < 1.29 is 0 Å². The molecule has 1 aliphatic heterocycles. The van der Waals surface area contributed by atoms with Crippen LogP contribution in [0.4, 0.5) is 0 Å². The van der Waals surface area contributed by atoms with Crippen LogP contribution in [-0.4, -0.2) is 61.7 Å². The third kappa shape index (κ3) is 5.54. The Hall–Kier alpha value is -0.120. The highest BCUT2D eigenvalue weighted by Crippen LogP contribution is 2.25. The summed E-state index contributed by atoms with van der Waals surface area (Å²) in [5.41, 5.74) is 0. The van der Waals surface area contributed by atoms with Gasteiger partial charge in [0.1, 0.15) is 0 Å². The monoisotopic (exact) mass is 295 g/mol. The Morgan fingerprint density at radius 1 is 1.05 bits per heavy atom. The van der Waals surface area contributed by atoms with Crippen molar-refractivity contribution in [1.82, 2.24) is 15.1 Å². The lowest BCUT2D eigenvalue weighted by molar-refractivity contribution is 0.151. The van der Waals surface area contributed by atoms with Crippen LogP contribution in [0.2, 0.25) is 0 Å². The highest BCUT2D eigenvalue weighted by atomic mass is 15.2. The molecular formula is C18H37N3. The fourth-order valence-electron chi connectivity index (χ4n) is 4.20. The van der Waals surface area contributed by atoms with Crippen molar-refractivity contribution in [1.29, 1.82) is 0 Å². The average molecular weight is 296 g/mol. The zero-order valence-electron chi connectivity index (χ0n) is 14.6. The summed E-state index contributed by atoms with van der Waals surface area (Å²) in [6.07, 6.45) is 9.73. The zero-order chi connectivity index (χ0) is 15.1. The van der Waals surface area contributed by atoms with Gasteiger partial charge in [-0.3, -0.25) is 4.90 Å². The third-order valence-electron chi connectivity index (χ3n) is 5.47. The van der Waals surface area contributed by atoms with Gasteiger partial charge in [-0.15, -0.1) is 0 Å². The first-order chi connectivity index (χ1) is 10.2. The van der Waals surface area contributed by atoms with E-state index in [-0.39, 0.29) is 0 Å². The van der Waals surface area contributed by atoms with Crippen LogP contribution in [0.3, 0.4) is 0 Å². The maximum Gasteiger partial charge on any atom is 0.0194 e. The molecular weight excluding hydrogens is 258 g/mol. The summed E-state index contributed by atoms with van der Waals surface area (Å²) in [4.78, 5) is 5.28. The minimum absolute atomic E-state index is 0.715. The predicted octanol–water partition coefficient (Wildman–Crippen LogP) is 2.96. The maximum absolute atomic E-state index is 3.85. The Bertz CT molecular complexity index is 282. The number of nitrogens with one attached hydrogen (secondary N) is 1. The van der Waals surface area contributed by atoms with Gasteiger partial charge >= 0.3 is 0 Å². The number of hydrogen-bond acceptors (Lipinski definition) is 3. The third-order valence-corrected chi connectivity index (χ3v) is 5.47. The summed E-state index contributed by atoms with van der Waals surface area (Å²) in [5.74, 6) is 0.866. The van der Waals surface area contributed by atoms with Crippen LogP contribution < -0.4 is 5.32 Å². The lowest BCUT2D eigenvalue weighted by Gasteiger charge is -2.35. The van der Waals surface area contributed by atoms with E-state index in [0.29, 0.717) is 6.04 Å². The molecule has 0 radical (unpaired) electrons. The summed E-state index contributed by atoms with van der Waals surface area (Å²) >= 11 is 0. The van der Waals surface area contributed by atoms with Crippen molar-refractivity contribution in [3.63, 3.8) is 0 Å². The lowest BCUT2D eigenvalue weighted by Crippen LogP contribution is -2.46. The second-order valence-electron chi connectivity index (χ2n) is 7.42. The Kier molecular flexibility index (Phi) is 7.48. The van der Waals surface area contributed by atoms with Crippen molar-refractivity contribution in [2.24, 2.45) is 5.92 Å². The molecule has 2 rings (SSSR count). The molecule has 0 bridgehead atoms. The summed E-state index contributed by atoms with van der Waals surface area (Å²) in [6.45, 7) is 11.0. The van der Waals surface area contributed by atoms with Crippen LogP contribution in [0.15, 0.2) is 0 Å². The molecule has 1 saturated heterocycles. The summed E-state index contributed by atoms with van der Waals surface area (Å²) in [5, 5.41) is 3.85.